The summed E-state index contributed by atoms with van der Waals surface area (Å²) in [5, 5.41) is 2.36. The van der Waals surface area contributed by atoms with Crippen LogP contribution >= 0.6 is 0 Å². The van der Waals surface area contributed by atoms with Gasteiger partial charge in [0.15, 0.2) is 5.82 Å². The van der Waals surface area contributed by atoms with Crippen LogP contribution in [-0.4, -0.2) is 12.8 Å². The van der Waals surface area contributed by atoms with Crippen LogP contribution in [0.15, 0.2) is 23.4 Å². The first-order valence-corrected chi connectivity index (χ1v) is 4.25. The van der Waals surface area contributed by atoms with Crippen molar-refractivity contribution in [2.75, 3.05) is 6.61 Å². The summed E-state index contributed by atoms with van der Waals surface area (Å²) in [6.07, 6.45) is -5.43. The van der Waals surface area contributed by atoms with E-state index in [9.17, 15) is 22.5 Å². The van der Waals surface area contributed by atoms with Crippen LogP contribution in [0.1, 0.15) is 6.42 Å². The molecule has 1 aromatic rings. The Morgan fingerprint density at radius 3 is 2.56 bits per heavy atom. The lowest BCUT2D eigenvalue weighted by Crippen LogP contribution is -2.12. The van der Waals surface area contributed by atoms with E-state index < -0.39 is 30.7 Å². The summed E-state index contributed by atoms with van der Waals surface area (Å²) in [6.45, 7) is -0.590. The lowest BCUT2D eigenvalue weighted by molar-refractivity contribution is -0.139. The van der Waals surface area contributed by atoms with E-state index in [0.717, 1.165) is 18.2 Å². The molecule has 0 amide bonds. The Morgan fingerprint density at radius 2 is 2.00 bits per heavy atom. The molecule has 0 heterocycles. The SMILES string of the molecule is O=Nc1cc(OCCC(F)(F)F)ccc1F. The Kier molecular flexibility index (Phi) is 3.81. The molecule has 0 atom stereocenters. The van der Waals surface area contributed by atoms with E-state index in [2.05, 4.69) is 5.18 Å². The van der Waals surface area contributed by atoms with E-state index in [1.165, 1.54) is 0 Å². The summed E-state index contributed by atoms with van der Waals surface area (Å²) in [7, 11) is 0. The second kappa shape index (κ2) is 4.91. The average Bonchev–Trinajstić information content (AvgIpc) is 2.18. The molecule has 7 heteroatoms. The molecule has 0 N–H and O–H groups in total. The van der Waals surface area contributed by atoms with Gasteiger partial charge in [-0.15, -0.1) is 4.91 Å². The standard InChI is InChI=1S/C9H7F4NO2/c10-7-2-1-6(5-8(7)14-15)16-4-3-9(11,12)13/h1-2,5H,3-4H2. The summed E-state index contributed by atoms with van der Waals surface area (Å²) in [5.74, 6) is -0.876. The van der Waals surface area contributed by atoms with Crippen LogP contribution < -0.4 is 4.74 Å². The van der Waals surface area contributed by atoms with Crippen molar-refractivity contribution in [3.8, 4) is 5.75 Å². The van der Waals surface area contributed by atoms with Crippen molar-refractivity contribution >= 4 is 5.69 Å². The maximum absolute atomic E-state index is 12.8. The van der Waals surface area contributed by atoms with Gasteiger partial charge in [-0.05, 0) is 17.3 Å². The molecule has 0 saturated carbocycles. The Morgan fingerprint density at radius 1 is 1.31 bits per heavy atom. The maximum Gasteiger partial charge on any atom is 0.392 e. The molecule has 0 fully saturated rings. The summed E-state index contributed by atoms with van der Waals surface area (Å²) in [5.41, 5.74) is -0.496. The smallest absolute Gasteiger partial charge is 0.392 e. The van der Waals surface area contributed by atoms with Gasteiger partial charge >= 0.3 is 6.18 Å². The van der Waals surface area contributed by atoms with Gasteiger partial charge < -0.3 is 4.74 Å². The fourth-order valence-corrected chi connectivity index (χ4v) is 0.937. The van der Waals surface area contributed by atoms with Crippen molar-refractivity contribution < 1.29 is 22.3 Å². The van der Waals surface area contributed by atoms with Crippen LogP contribution in [0, 0.1) is 10.7 Å². The van der Waals surface area contributed by atoms with Crippen molar-refractivity contribution in [3.05, 3.63) is 28.9 Å². The van der Waals surface area contributed by atoms with Crippen molar-refractivity contribution in [1.82, 2.24) is 0 Å². The minimum atomic E-state index is -4.31. The number of rotatable bonds is 4. The van der Waals surface area contributed by atoms with Crippen molar-refractivity contribution in [2.24, 2.45) is 5.18 Å². The van der Waals surface area contributed by atoms with Crippen LogP contribution in [0.4, 0.5) is 23.2 Å². The van der Waals surface area contributed by atoms with E-state index in [0.29, 0.717) is 0 Å². The quantitative estimate of drug-likeness (QED) is 0.593. The van der Waals surface area contributed by atoms with E-state index >= 15 is 0 Å². The van der Waals surface area contributed by atoms with Gasteiger partial charge in [0, 0.05) is 6.07 Å². The fraction of sp³-hybridized carbons (Fsp3) is 0.333. The van der Waals surface area contributed by atoms with Gasteiger partial charge in [-0.25, -0.2) is 4.39 Å². The third-order valence-corrected chi connectivity index (χ3v) is 1.67. The predicted octanol–water partition coefficient (Wildman–Crippen LogP) is 3.55. The normalized spacial score (nSPS) is 11.2. The zero-order chi connectivity index (χ0) is 12.2. The molecular formula is C9H7F4NO2. The first kappa shape index (κ1) is 12.4. The molecule has 0 unspecified atom stereocenters. The molecular weight excluding hydrogens is 230 g/mol. The molecule has 0 aliphatic rings. The Bertz CT molecular complexity index is 378. The van der Waals surface area contributed by atoms with Gasteiger partial charge in [0.2, 0.25) is 0 Å². The number of hydrogen-bond donors (Lipinski definition) is 0. The summed E-state index contributed by atoms with van der Waals surface area (Å²) in [6, 6.07) is 2.97. The number of nitroso groups, excluding NO2 is 1. The van der Waals surface area contributed by atoms with Gasteiger partial charge in [0.25, 0.3) is 0 Å². The Labute approximate surface area is 88.0 Å². The van der Waals surface area contributed by atoms with Crippen LogP contribution in [0.5, 0.6) is 5.75 Å². The van der Waals surface area contributed by atoms with Crippen molar-refractivity contribution in [1.29, 1.82) is 0 Å². The van der Waals surface area contributed by atoms with E-state index in [1.54, 1.807) is 0 Å². The highest BCUT2D eigenvalue weighted by Gasteiger charge is 2.26. The molecule has 0 aliphatic carbocycles. The van der Waals surface area contributed by atoms with Crippen LogP contribution in [-0.2, 0) is 0 Å². The molecule has 0 spiro atoms. The Balaban J connectivity index is 2.58. The van der Waals surface area contributed by atoms with E-state index in [-0.39, 0.29) is 5.75 Å². The van der Waals surface area contributed by atoms with Crippen molar-refractivity contribution in [2.45, 2.75) is 12.6 Å². The lowest BCUT2D eigenvalue weighted by Gasteiger charge is -2.08. The number of hydrogen-bond acceptors (Lipinski definition) is 3. The number of alkyl halides is 3. The minimum Gasteiger partial charge on any atom is -0.493 e. The number of halogens is 4. The minimum absolute atomic E-state index is 0.0275. The molecule has 0 bridgehead atoms. The predicted molar refractivity (Wildman–Crippen MR) is 48.0 cm³/mol. The molecule has 0 aromatic heterocycles. The molecule has 0 radical (unpaired) electrons. The van der Waals surface area contributed by atoms with Crippen molar-refractivity contribution in [3.63, 3.8) is 0 Å². The third kappa shape index (κ3) is 3.84. The van der Waals surface area contributed by atoms with E-state index in [4.69, 9.17) is 4.74 Å². The first-order valence-electron chi connectivity index (χ1n) is 4.25. The highest BCUT2D eigenvalue weighted by Crippen LogP contribution is 2.25. The van der Waals surface area contributed by atoms with Crippen LogP contribution in [0.25, 0.3) is 0 Å². The monoisotopic (exact) mass is 237 g/mol. The molecule has 88 valence electrons. The summed E-state index contributed by atoms with van der Waals surface area (Å²) >= 11 is 0. The van der Waals surface area contributed by atoms with Gasteiger partial charge in [-0.1, -0.05) is 0 Å². The maximum atomic E-state index is 12.8. The molecule has 16 heavy (non-hydrogen) atoms. The van der Waals surface area contributed by atoms with Gasteiger partial charge in [-0.3, -0.25) is 0 Å². The fourth-order valence-electron chi connectivity index (χ4n) is 0.937. The van der Waals surface area contributed by atoms with E-state index in [1.807, 2.05) is 0 Å². The summed E-state index contributed by atoms with van der Waals surface area (Å²) < 4.78 is 52.7. The lowest BCUT2D eigenvalue weighted by atomic mass is 10.3. The largest absolute Gasteiger partial charge is 0.493 e. The Hall–Kier alpha value is -1.66. The third-order valence-electron chi connectivity index (χ3n) is 1.67. The van der Waals surface area contributed by atoms with Crippen LogP contribution in [0.2, 0.25) is 0 Å². The highest BCUT2D eigenvalue weighted by atomic mass is 19.4. The second-order valence-corrected chi connectivity index (χ2v) is 2.92. The van der Waals surface area contributed by atoms with Gasteiger partial charge in [0.1, 0.15) is 11.4 Å². The van der Waals surface area contributed by atoms with Gasteiger partial charge in [0.05, 0.1) is 13.0 Å². The molecule has 1 aromatic carbocycles. The number of nitrogens with zero attached hydrogens (tertiary/aromatic N) is 1. The molecule has 1 rings (SSSR count). The molecule has 0 saturated heterocycles. The average molecular weight is 237 g/mol. The molecule has 3 nitrogen and oxygen atoms in total. The molecule has 0 aliphatic heterocycles. The highest BCUT2D eigenvalue weighted by molar-refractivity contribution is 5.44. The first-order chi connectivity index (χ1) is 7.42. The summed E-state index contributed by atoms with van der Waals surface area (Å²) in [4.78, 5) is 10.1. The van der Waals surface area contributed by atoms with Gasteiger partial charge in [-0.2, -0.15) is 13.2 Å². The number of ether oxygens (including phenoxy) is 1. The number of benzene rings is 1. The zero-order valence-electron chi connectivity index (χ0n) is 7.92. The van der Waals surface area contributed by atoms with Crippen LogP contribution in [0.3, 0.4) is 0 Å². The second-order valence-electron chi connectivity index (χ2n) is 2.92. The topological polar surface area (TPSA) is 38.7 Å². The zero-order valence-corrected chi connectivity index (χ0v) is 7.92.